The second-order valence-electron chi connectivity index (χ2n) is 5.68. The fraction of sp³-hybridized carbons (Fsp3) is 0.417. The lowest BCUT2D eigenvalue weighted by Gasteiger charge is -2.24. The number of carbonyl (C=O) groups excluding carboxylic acids is 1. The number of hydrogen-bond acceptors (Lipinski definition) is 7. The Kier molecular flexibility index (Phi) is 3.90. The average Bonchev–Trinajstić information content (AvgIpc) is 2.77. The fourth-order valence-electron chi connectivity index (χ4n) is 1.77. The van der Waals surface area contributed by atoms with Gasteiger partial charge in [-0.3, -0.25) is 0 Å². The zero-order chi connectivity index (χ0) is 16.5. The lowest BCUT2D eigenvalue weighted by molar-refractivity contribution is 0.0531. The molecule has 0 saturated carbocycles. The molecule has 10 heteroatoms. The average molecular weight is 301 g/mol. The highest BCUT2D eigenvalue weighted by molar-refractivity contribution is 6.19. The Hall–Kier alpha value is -2.83. The van der Waals surface area contributed by atoms with Gasteiger partial charge in [0, 0.05) is 7.05 Å². The van der Waals surface area contributed by atoms with Gasteiger partial charge < -0.3 is 14.2 Å². The molecular weight excluding hydrogens is 285 g/mol. The van der Waals surface area contributed by atoms with Crippen molar-refractivity contribution < 1.29 is 9.53 Å². The SMILES string of the molecule is BN(NC(=O)OC(C)(C)C)c1nc(C#N)nc2c1ncn2C. The monoisotopic (exact) mass is 301 g/mol. The van der Waals surface area contributed by atoms with Crippen LogP contribution in [0.15, 0.2) is 6.33 Å². The number of aromatic nitrogens is 4. The molecule has 0 aromatic carbocycles. The summed E-state index contributed by atoms with van der Waals surface area (Å²) in [7, 11) is 3.34. The molecule has 9 nitrogen and oxygen atoms in total. The molecule has 0 aliphatic carbocycles. The third-order valence-corrected chi connectivity index (χ3v) is 2.62. The molecule has 0 saturated heterocycles. The van der Waals surface area contributed by atoms with E-state index in [4.69, 9.17) is 10.00 Å². The van der Waals surface area contributed by atoms with Crippen LogP contribution in [0.25, 0.3) is 11.2 Å². The summed E-state index contributed by atoms with van der Waals surface area (Å²) < 4.78 is 6.85. The maximum Gasteiger partial charge on any atom is 0.425 e. The summed E-state index contributed by atoms with van der Waals surface area (Å²) in [5, 5.41) is 9.03. The smallest absolute Gasteiger partial charge is 0.425 e. The molecule has 1 amide bonds. The van der Waals surface area contributed by atoms with Gasteiger partial charge in [0.1, 0.15) is 11.7 Å². The van der Waals surface area contributed by atoms with Crippen LogP contribution in [0.5, 0.6) is 0 Å². The molecule has 1 N–H and O–H groups in total. The highest BCUT2D eigenvalue weighted by atomic mass is 16.6. The van der Waals surface area contributed by atoms with E-state index in [0.717, 1.165) is 0 Å². The molecule has 2 aromatic rings. The first-order valence-electron chi connectivity index (χ1n) is 6.54. The summed E-state index contributed by atoms with van der Waals surface area (Å²) in [6.45, 7) is 5.30. The molecule has 0 fully saturated rings. The van der Waals surface area contributed by atoms with Gasteiger partial charge in [0.15, 0.2) is 17.0 Å². The van der Waals surface area contributed by atoms with Crippen LogP contribution in [0.1, 0.15) is 26.6 Å². The number of hydrogen-bond donors (Lipinski definition) is 1. The molecule has 0 radical (unpaired) electrons. The number of carbonyl (C=O) groups is 1. The number of anilines is 1. The molecule has 114 valence electrons. The number of nitriles is 1. The maximum atomic E-state index is 11.8. The van der Waals surface area contributed by atoms with Gasteiger partial charge in [0.25, 0.3) is 0 Å². The molecule has 0 aliphatic heterocycles. The van der Waals surface area contributed by atoms with Gasteiger partial charge >= 0.3 is 6.09 Å². The van der Waals surface area contributed by atoms with Crippen LogP contribution in [0.4, 0.5) is 10.6 Å². The van der Waals surface area contributed by atoms with Crippen molar-refractivity contribution in [1.82, 2.24) is 24.9 Å². The number of aryl methyl sites for hydroxylation is 1. The van der Waals surface area contributed by atoms with Crippen LogP contribution in [-0.2, 0) is 11.8 Å². The molecule has 0 aliphatic rings. The van der Waals surface area contributed by atoms with Crippen LogP contribution in [0, 0.1) is 11.3 Å². The maximum absolute atomic E-state index is 11.8. The molecule has 22 heavy (non-hydrogen) atoms. The Morgan fingerprint density at radius 1 is 1.50 bits per heavy atom. The molecule has 0 atom stereocenters. The number of nitrogens with one attached hydrogen (secondary N) is 1. The van der Waals surface area contributed by atoms with Crippen LogP contribution < -0.4 is 10.3 Å². The van der Waals surface area contributed by atoms with E-state index in [1.54, 1.807) is 46.7 Å². The molecular formula is C12H16BN7O2. The van der Waals surface area contributed by atoms with Gasteiger partial charge in [-0.2, -0.15) is 15.2 Å². The van der Waals surface area contributed by atoms with Gasteiger partial charge in [0.05, 0.1) is 6.33 Å². The summed E-state index contributed by atoms with van der Waals surface area (Å²) in [6.07, 6.45) is 0.932. The Morgan fingerprint density at radius 3 is 2.77 bits per heavy atom. The molecule has 2 rings (SSSR count). The Balaban J connectivity index is 2.33. The summed E-state index contributed by atoms with van der Waals surface area (Å²) in [5.41, 5.74) is 2.88. The van der Waals surface area contributed by atoms with E-state index in [-0.39, 0.29) is 5.82 Å². The molecule has 0 spiro atoms. The van der Waals surface area contributed by atoms with Gasteiger partial charge in [-0.05, 0) is 20.8 Å². The van der Waals surface area contributed by atoms with E-state index < -0.39 is 11.7 Å². The highest BCUT2D eigenvalue weighted by Gasteiger charge is 2.20. The highest BCUT2D eigenvalue weighted by Crippen LogP contribution is 2.20. The standard InChI is InChI=1S/C12H16BN7O2/c1-12(2,3)22-11(21)18-20(13)10-8-9(19(4)6-15-8)16-7(5-14)17-10/h6H,13H2,1-4H3,(H,18,21). The largest absolute Gasteiger partial charge is 0.443 e. The second-order valence-corrected chi connectivity index (χ2v) is 5.68. The van der Waals surface area contributed by atoms with Crippen molar-refractivity contribution in [2.75, 3.05) is 4.92 Å². The number of fused-ring (bicyclic) bond motifs is 1. The van der Waals surface area contributed by atoms with Crippen molar-refractivity contribution in [2.45, 2.75) is 26.4 Å². The zero-order valence-corrected chi connectivity index (χ0v) is 13.1. The second kappa shape index (κ2) is 5.52. The molecule has 0 bridgehead atoms. The van der Waals surface area contributed by atoms with Crippen LogP contribution >= 0.6 is 0 Å². The number of ether oxygens (including phenoxy) is 1. The number of imidazole rings is 1. The zero-order valence-electron chi connectivity index (χ0n) is 13.1. The normalized spacial score (nSPS) is 11.0. The van der Waals surface area contributed by atoms with E-state index in [1.165, 1.54) is 4.92 Å². The van der Waals surface area contributed by atoms with Gasteiger partial charge in [0.2, 0.25) is 13.8 Å². The first-order valence-corrected chi connectivity index (χ1v) is 6.54. The molecule has 2 aromatic heterocycles. The third-order valence-electron chi connectivity index (χ3n) is 2.62. The topological polar surface area (TPSA) is 109 Å². The van der Waals surface area contributed by atoms with E-state index >= 15 is 0 Å². The predicted octanol–water partition coefficient (Wildman–Crippen LogP) is 0.0292. The van der Waals surface area contributed by atoms with Crippen molar-refractivity contribution in [3.8, 4) is 6.07 Å². The number of rotatable bonds is 2. The summed E-state index contributed by atoms with van der Waals surface area (Å²) in [4.78, 5) is 25.6. The lowest BCUT2D eigenvalue weighted by Crippen LogP contribution is -2.44. The number of hydrazine groups is 1. The first kappa shape index (κ1) is 15.6. The molecule has 2 heterocycles. The Bertz CT molecular complexity index is 759. The van der Waals surface area contributed by atoms with Gasteiger partial charge in [-0.15, -0.1) is 0 Å². The number of amides is 1. The van der Waals surface area contributed by atoms with Crippen molar-refractivity contribution in [1.29, 1.82) is 5.26 Å². The van der Waals surface area contributed by atoms with E-state index in [0.29, 0.717) is 17.0 Å². The third kappa shape index (κ3) is 3.25. The van der Waals surface area contributed by atoms with Crippen molar-refractivity contribution in [2.24, 2.45) is 7.05 Å². The predicted molar refractivity (Wildman–Crippen MR) is 81.4 cm³/mol. The summed E-state index contributed by atoms with van der Waals surface area (Å²) in [5.74, 6) is 0.303. The summed E-state index contributed by atoms with van der Waals surface area (Å²) >= 11 is 0. The van der Waals surface area contributed by atoms with Crippen LogP contribution in [0.3, 0.4) is 0 Å². The minimum Gasteiger partial charge on any atom is -0.443 e. The fourth-order valence-corrected chi connectivity index (χ4v) is 1.77. The van der Waals surface area contributed by atoms with Crippen LogP contribution in [0.2, 0.25) is 0 Å². The van der Waals surface area contributed by atoms with Gasteiger partial charge in [-0.25, -0.2) is 15.2 Å². The van der Waals surface area contributed by atoms with E-state index in [1.807, 2.05) is 6.07 Å². The van der Waals surface area contributed by atoms with Crippen molar-refractivity contribution >= 4 is 31.1 Å². The van der Waals surface area contributed by atoms with Crippen LogP contribution in [-0.4, -0.2) is 39.2 Å². The quantitative estimate of drug-likeness (QED) is 0.615. The first-order chi connectivity index (χ1) is 10.2. The summed E-state index contributed by atoms with van der Waals surface area (Å²) in [6, 6.07) is 1.89. The Labute approximate surface area is 128 Å². The number of nitrogens with zero attached hydrogens (tertiary/aromatic N) is 6. The van der Waals surface area contributed by atoms with Crippen molar-refractivity contribution in [3.63, 3.8) is 0 Å². The van der Waals surface area contributed by atoms with E-state index in [9.17, 15) is 4.79 Å². The lowest BCUT2D eigenvalue weighted by atomic mass is 10.2. The minimum absolute atomic E-state index is 0.0102. The Morgan fingerprint density at radius 2 is 2.18 bits per heavy atom. The minimum atomic E-state index is -0.629. The molecule has 0 unspecified atom stereocenters. The van der Waals surface area contributed by atoms with E-state index in [2.05, 4.69) is 20.4 Å². The van der Waals surface area contributed by atoms with Crippen molar-refractivity contribution in [3.05, 3.63) is 12.2 Å². The van der Waals surface area contributed by atoms with Gasteiger partial charge in [-0.1, -0.05) is 0 Å².